The van der Waals surface area contributed by atoms with Gasteiger partial charge in [0.15, 0.2) is 6.61 Å². The number of benzene rings is 2. The third-order valence-electron chi connectivity index (χ3n) is 2.75. The van der Waals surface area contributed by atoms with Crippen molar-refractivity contribution in [1.82, 2.24) is 5.32 Å². The highest BCUT2D eigenvalue weighted by Crippen LogP contribution is 2.09. The molecular formula is C16H16BrNO2. The number of halogens is 1. The highest BCUT2D eigenvalue weighted by molar-refractivity contribution is 9.08. The molecule has 3 nitrogen and oxygen atoms in total. The molecule has 0 fully saturated rings. The second-order valence-electron chi connectivity index (χ2n) is 4.33. The molecule has 0 radical (unpaired) electrons. The topological polar surface area (TPSA) is 38.3 Å². The van der Waals surface area contributed by atoms with Gasteiger partial charge >= 0.3 is 0 Å². The van der Waals surface area contributed by atoms with E-state index >= 15 is 0 Å². The van der Waals surface area contributed by atoms with Crippen LogP contribution in [-0.4, -0.2) is 12.5 Å². The van der Waals surface area contributed by atoms with Crippen LogP contribution in [0.3, 0.4) is 0 Å². The van der Waals surface area contributed by atoms with E-state index in [1.165, 1.54) is 5.56 Å². The van der Waals surface area contributed by atoms with Crippen LogP contribution in [0.25, 0.3) is 0 Å². The molecule has 2 rings (SSSR count). The molecule has 0 aliphatic heterocycles. The monoisotopic (exact) mass is 333 g/mol. The average molecular weight is 334 g/mol. The van der Waals surface area contributed by atoms with E-state index in [-0.39, 0.29) is 12.5 Å². The van der Waals surface area contributed by atoms with E-state index in [1.54, 1.807) is 0 Å². The number of hydrogen-bond donors (Lipinski definition) is 1. The summed E-state index contributed by atoms with van der Waals surface area (Å²) in [5.41, 5.74) is 2.27. The van der Waals surface area contributed by atoms with Gasteiger partial charge in [-0.15, -0.1) is 0 Å². The number of nitrogens with one attached hydrogen (secondary N) is 1. The van der Waals surface area contributed by atoms with Crippen LogP contribution in [0.4, 0.5) is 0 Å². The lowest BCUT2D eigenvalue weighted by molar-refractivity contribution is -0.123. The van der Waals surface area contributed by atoms with Crippen LogP contribution in [0, 0.1) is 0 Å². The standard InChI is InChI=1S/C16H16BrNO2/c17-10-13-5-4-6-14(9-13)11-18-16(19)12-20-15-7-2-1-3-8-15/h1-9H,10-12H2,(H,18,19). The summed E-state index contributed by atoms with van der Waals surface area (Å²) in [4.78, 5) is 11.7. The van der Waals surface area contributed by atoms with Crippen molar-refractivity contribution in [1.29, 1.82) is 0 Å². The van der Waals surface area contributed by atoms with Gasteiger partial charge in [-0.25, -0.2) is 0 Å². The molecule has 0 saturated heterocycles. The van der Waals surface area contributed by atoms with Crippen LogP contribution < -0.4 is 10.1 Å². The van der Waals surface area contributed by atoms with Crippen molar-refractivity contribution in [2.45, 2.75) is 11.9 Å². The lowest BCUT2D eigenvalue weighted by Crippen LogP contribution is -2.28. The molecule has 4 heteroatoms. The minimum atomic E-state index is -0.127. The maximum atomic E-state index is 11.7. The quantitative estimate of drug-likeness (QED) is 0.824. The first-order valence-corrected chi connectivity index (χ1v) is 7.48. The minimum Gasteiger partial charge on any atom is -0.484 e. The first-order chi connectivity index (χ1) is 9.78. The number of hydrogen-bond acceptors (Lipinski definition) is 2. The molecule has 0 aliphatic rings. The van der Waals surface area contributed by atoms with Crippen LogP contribution in [0.5, 0.6) is 5.75 Å². The van der Waals surface area contributed by atoms with E-state index in [4.69, 9.17) is 4.74 Å². The summed E-state index contributed by atoms with van der Waals surface area (Å²) in [7, 11) is 0. The van der Waals surface area contributed by atoms with Crippen LogP contribution in [0.1, 0.15) is 11.1 Å². The van der Waals surface area contributed by atoms with Crippen molar-refractivity contribution in [2.75, 3.05) is 6.61 Å². The molecule has 0 aromatic heterocycles. The van der Waals surface area contributed by atoms with Crippen molar-refractivity contribution in [3.63, 3.8) is 0 Å². The molecule has 0 saturated carbocycles. The number of para-hydroxylation sites is 1. The summed E-state index contributed by atoms with van der Waals surface area (Å²) < 4.78 is 5.38. The van der Waals surface area contributed by atoms with E-state index in [9.17, 15) is 4.79 Å². The highest BCUT2D eigenvalue weighted by atomic mass is 79.9. The smallest absolute Gasteiger partial charge is 0.258 e. The van der Waals surface area contributed by atoms with Gasteiger partial charge in [0.05, 0.1) is 0 Å². The molecular weight excluding hydrogens is 318 g/mol. The zero-order valence-electron chi connectivity index (χ0n) is 11.0. The Morgan fingerprint density at radius 3 is 2.55 bits per heavy atom. The molecule has 0 spiro atoms. The molecule has 0 aliphatic carbocycles. The van der Waals surface area contributed by atoms with Crippen molar-refractivity contribution in [3.05, 3.63) is 65.7 Å². The summed E-state index contributed by atoms with van der Waals surface area (Å²) in [5, 5.41) is 3.65. The van der Waals surface area contributed by atoms with E-state index in [2.05, 4.69) is 27.3 Å². The Morgan fingerprint density at radius 1 is 1.05 bits per heavy atom. The summed E-state index contributed by atoms with van der Waals surface area (Å²) in [6, 6.07) is 17.4. The average Bonchev–Trinajstić information content (AvgIpc) is 2.52. The molecule has 20 heavy (non-hydrogen) atoms. The summed E-state index contributed by atoms with van der Waals surface area (Å²) >= 11 is 3.42. The molecule has 2 aromatic rings. The van der Waals surface area contributed by atoms with Gasteiger partial charge in [0, 0.05) is 11.9 Å². The Labute approximate surface area is 127 Å². The number of amides is 1. The molecule has 0 unspecified atom stereocenters. The number of ether oxygens (including phenoxy) is 1. The van der Waals surface area contributed by atoms with Crippen LogP contribution in [0.2, 0.25) is 0 Å². The summed E-state index contributed by atoms with van der Waals surface area (Å²) in [6.45, 7) is 0.542. The summed E-state index contributed by atoms with van der Waals surface area (Å²) in [5.74, 6) is 0.571. The van der Waals surface area contributed by atoms with Gasteiger partial charge in [-0.1, -0.05) is 58.4 Å². The lowest BCUT2D eigenvalue weighted by Gasteiger charge is -2.08. The third-order valence-corrected chi connectivity index (χ3v) is 3.40. The van der Waals surface area contributed by atoms with E-state index < -0.39 is 0 Å². The fourth-order valence-electron chi connectivity index (χ4n) is 1.74. The van der Waals surface area contributed by atoms with Crippen molar-refractivity contribution >= 4 is 21.8 Å². The van der Waals surface area contributed by atoms with Gasteiger partial charge in [-0.3, -0.25) is 4.79 Å². The van der Waals surface area contributed by atoms with Gasteiger partial charge in [0.2, 0.25) is 0 Å². The predicted molar refractivity (Wildman–Crippen MR) is 82.9 cm³/mol. The molecule has 1 N–H and O–H groups in total. The second kappa shape index (κ2) is 7.70. The van der Waals surface area contributed by atoms with Crippen LogP contribution >= 0.6 is 15.9 Å². The lowest BCUT2D eigenvalue weighted by atomic mass is 10.1. The van der Waals surface area contributed by atoms with Gasteiger partial charge in [-0.2, -0.15) is 0 Å². The Kier molecular flexibility index (Phi) is 5.62. The molecule has 0 atom stereocenters. The number of rotatable bonds is 6. The molecule has 104 valence electrons. The van der Waals surface area contributed by atoms with Gasteiger partial charge in [0.25, 0.3) is 5.91 Å². The first kappa shape index (κ1) is 14.6. The largest absolute Gasteiger partial charge is 0.484 e. The number of carbonyl (C=O) groups is 1. The van der Waals surface area contributed by atoms with E-state index in [0.717, 1.165) is 10.9 Å². The fourth-order valence-corrected chi connectivity index (χ4v) is 2.09. The van der Waals surface area contributed by atoms with Crippen molar-refractivity contribution in [2.24, 2.45) is 0 Å². The Bertz CT molecular complexity index is 557. The SMILES string of the molecule is O=C(COc1ccccc1)NCc1cccc(CBr)c1. The molecule has 1 amide bonds. The van der Waals surface area contributed by atoms with Crippen molar-refractivity contribution in [3.8, 4) is 5.75 Å². The fraction of sp³-hybridized carbons (Fsp3) is 0.188. The number of carbonyl (C=O) groups excluding carboxylic acids is 1. The Morgan fingerprint density at radius 2 is 1.80 bits per heavy atom. The predicted octanol–water partition coefficient (Wildman–Crippen LogP) is 3.28. The normalized spacial score (nSPS) is 10.1. The van der Waals surface area contributed by atoms with Gasteiger partial charge < -0.3 is 10.1 Å². The molecule has 2 aromatic carbocycles. The van der Waals surface area contributed by atoms with Gasteiger partial charge in [0.1, 0.15) is 5.75 Å². The van der Waals surface area contributed by atoms with E-state index in [1.807, 2.05) is 48.5 Å². The number of alkyl halides is 1. The van der Waals surface area contributed by atoms with Crippen LogP contribution in [0.15, 0.2) is 54.6 Å². The van der Waals surface area contributed by atoms with E-state index in [0.29, 0.717) is 12.3 Å². The molecule has 0 heterocycles. The zero-order chi connectivity index (χ0) is 14.2. The zero-order valence-corrected chi connectivity index (χ0v) is 12.6. The highest BCUT2D eigenvalue weighted by Gasteiger charge is 2.03. The first-order valence-electron chi connectivity index (χ1n) is 6.36. The maximum absolute atomic E-state index is 11.7. The van der Waals surface area contributed by atoms with Gasteiger partial charge in [-0.05, 0) is 23.3 Å². The minimum absolute atomic E-state index is 0.0299. The Hall–Kier alpha value is -1.81. The summed E-state index contributed by atoms with van der Waals surface area (Å²) in [6.07, 6.45) is 0. The Balaban J connectivity index is 1.77. The molecule has 0 bridgehead atoms. The third kappa shape index (κ3) is 4.70. The second-order valence-corrected chi connectivity index (χ2v) is 4.89. The maximum Gasteiger partial charge on any atom is 0.258 e. The van der Waals surface area contributed by atoms with Crippen molar-refractivity contribution < 1.29 is 9.53 Å². The van der Waals surface area contributed by atoms with Crippen LogP contribution in [-0.2, 0) is 16.7 Å².